The lowest BCUT2D eigenvalue weighted by atomic mass is 10.1. The third kappa shape index (κ3) is 4.15. The van der Waals surface area contributed by atoms with Crippen molar-refractivity contribution in [3.63, 3.8) is 0 Å². The molecule has 0 saturated heterocycles. The molecule has 0 saturated carbocycles. The second-order valence-electron chi connectivity index (χ2n) is 5.96. The van der Waals surface area contributed by atoms with Crippen LogP contribution in [-0.4, -0.2) is 32.2 Å². The minimum atomic E-state index is -3.74. The van der Waals surface area contributed by atoms with Crippen molar-refractivity contribution in [3.8, 4) is 11.5 Å². The number of hydrogen-bond donors (Lipinski definition) is 1. The lowest BCUT2D eigenvalue weighted by Crippen LogP contribution is -2.30. The van der Waals surface area contributed by atoms with Crippen LogP contribution >= 0.6 is 11.3 Å². The molecule has 0 aliphatic rings. The molecular weight excluding hydrogens is 386 g/mol. The number of nitrogens with zero attached hydrogens (tertiary/aromatic N) is 2. The van der Waals surface area contributed by atoms with Gasteiger partial charge in [0.15, 0.2) is 0 Å². The van der Waals surface area contributed by atoms with Gasteiger partial charge in [-0.05, 0) is 36.8 Å². The third-order valence-electron chi connectivity index (χ3n) is 4.08. The Hall–Kier alpha value is -2.36. The average Bonchev–Trinajstić information content (AvgIpc) is 3.28. The van der Waals surface area contributed by atoms with Crippen LogP contribution < -0.4 is 14.2 Å². The molecule has 144 valence electrons. The highest BCUT2D eigenvalue weighted by Gasteiger charge is 2.27. The minimum absolute atomic E-state index is 0.258. The maximum atomic E-state index is 12.9. The van der Waals surface area contributed by atoms with Gasteiger partial charge < -0.3 is 14.0 Å². The number of benzene rings is 1. The molecule has 9 heteroatoms. The van der Waals surface area contributed by atoms with Gasteiger partial charge in [0.1, 0.15) is 27.6 Å². The summed E-state index contributed by atoms with van der Waals surface area (Å²) in [5, 5.41) is 0. The van der Waals surface area contributed by atoms with Crippen LogP contribution in [0.25, 0.3) is 0 Å². The average molecular weight is 408 g/mol. The summed E-state index contributed by atoms with van der Waals surface area (Å²) in [7, 11) is 1.18. The van der Waals surface area contributed by atoms with E-state index in [1.165, 1.54) is 11.3 Å². The fourth-order valence-electron chi connectivity index (χ4n) is 2.69. The number of nitrogens with one attached hydrogen (secondary N) is 1. The molecule has 1 N–H and O–H groups in total. The van der Waals surface area contributed by atoms with Gasteiger partial charge in [0.05, 0.1) is 14.2 Å². The van der Waals surface area contributed by atoms with E-state index in [2.05, 4.69) is 9.71 Å². The molecule has 0 radical (unpaired) electrons. The number of methoxy groups -OCH3 is 2. The van der Waals surface area contributed by atoms with Crippen molar-refractivity contribution in [1.82, 2.24) is 14.3 Å². The van der Waals surface area contributed by atoms with Gasteiger partial charge in [-0.15, -0.1) is 11.3 Å². The largest absolute Gasteiger partial charge is 0.497 e. The maximum absolute atomic E-state index is 12.9. The maximum Gasteiger partial charge on any atom is 0.251 e. The van der Waals surface area contributed by atoms with Crippen LogP contribution in [0, 0.1) is 6.92 Å². The second-order valence-corrected chi connectivity index (χ2v) is 9.19. The van der Waals surface area contributed by atoms with E-state index in [1.54, 1.807) is 61.5 Å². The fraction of sp³-hybridized carbons (Fsp3) is 0.278. The Kier molecular flexibility index (Phi) is 5.54. The Morgan fingerprint density at radius 3 is 2.30 bits per heavy atom. The first-order chi connectivity index (χ1) is 12.8. The van der Waals surface area contributed by atoms with E-state index >= 15 is 0 Å². The zero-order chi connectivity index (χ0) is 19.6. The molecule has 1 aromatic carbocycles. The normalized spacial score (nSPS) is 12.7. The van der Waals surface area contributed by atoms with Crippen molar-refractivity contribution in [2.45, 2.75) is 17.2 Å². The van der Waals surface area contributed by atoms with Crippen LogP contribution in [0.15, 0.2) is 46.9 Å². The molecule has 0 fully saturated rings. The highest BCUT2D eigenvalue weighted by atomic mass is 32.2. The lowest BCUT2D eigenvalue weighted by molar-refractivity contribution is 0.392. The number of imidazole rings is 1. The molecule has 2 heterocycles. The minimum Gasteiger partial charge on any atom is -0.497 e. The Morgan fingerprint density at radius 1 is 1.15 bits per heavy atom. The van der Waals surface area contributed by atoms with E-state index in [0.29, 0.717) is 22.9 Å². The topological polar surface area (TPSA) is 82.4 Å². The highest BCUT2D eigenvalue weighted by molar-refractivity contribution is 7.91. The summed E-state index contributed by atoms with van der Waals surface area (Å²) < 4.78 is 41.4. The predicted molar refractivity (Wildman–Crippen MR) is 104 cm³/mol. The van der Waals surface area contributed by atoms with E-state index in [-0.39, 0.29) is 4.21 Å². The molecule has 0 spiro atoms. The van der Waals surface area contributed by atoms with Gasteiger partial charge in [0, 0.05) is 30.4 Å². The van der Waals surface area contributed by atoms with Crippen molar-refractivity contribution in [3.05, 3.63) is 59.0 Å². The molecular formula is C18H21N3O4S2. The summed E-state index contributed by atoms with van der Waals surface area (Å²) in [5.41, 5.74) is 0.664. The van der Waals surface area contributed by atoms with Crippen molar-refractivity contribution in [2.24, 2.45) is 7.05 Å². The number of aromatic nitrogens is 2. The van der Waals surface area contributed by atoms with Crippen molar-refractivity contribution >= 4 is 21.4 Å². The van der Waals surface area contributed by atoms with Crippen LogP contribution in [0.4, 0.5) is 0 Å². The molecule has 3 rings (SSSR count). The predicted octanol–water partition coefficient (Wildman–Crippen LogP) is 2.88. The van der Waals surface area contributed by atoms with Crippen molar-refractivity contribution in [2.75, 3.05) is 14.2 Å². The molecule has 0 aliphatic carbocycles. The number of ether oxygens (including phenoxy) is 2. The quantitative estimate of drug-likeness (QED) is 0.651. The van der Waals surface area contributed by atoms with Gasteiger partial charge >= 0.3 is 0 Å². The van der Waals surface area contributed by atoms with Gasteiger partial charge in [-0.1, -0.05) is 0 Å². The smallest absolute Gasteiger partial charge is 0.251 e. The highest BCUT2D eigenvalue weighted by Crippen LogP contribution is 2.31. The van der Waals surface area contributed by atoms with E-state index in [9.17, 15) is 8.42 Å². The van der Waals surface area contributed by atoms with Gasteiger partial charge in [0.2, 0.25) is 0 Å². The van der Waals surface area contributed by atoms with Crippen LogP contribution in [0.2, 0.25) is 0 Å². The first-order valence-corrected chi connectivity index (χ1v) is 10.4. The summed E-state index contributed by atoms with van der Waals surface area (Å²) >= 11 is 1.22. The van der Waals surface area contributed by atoms with Crippen LogP contribution in [-0.2, 0) is 17.1 Å². The Balaban J connectivity index is 2.09. The molecule has 1 unspecified atom stereocenters. The van der Waals surface area contributed by atoms with Gasteiger partial charge in [0.25, 0.3) is 10.0 Å². The zero-order valence-corrected chi connectivity index (χ0v) is 17.1. The van der Waals surface area contributed by atoms with E-state index < -0.39 is 16.1 Å². The van der Waals surface area contributed by atoms with Gasteiger partial charge in [-0.3, -0.25) is 0 Å². The first-order valence-electron chi connectivity index (χ1n) is 8.13. The van der Waals surface area contributed by atoms with Crippen LogP contribution in [0.5, 0.6) is 11.5 Å². The fourth-order valence-corrected chi connectivity index (χ4v) is 5.17. The van der Waals surface area contributed by atoms with Crippen molar-refractivity contribution in [1.29, 1.82) is 0 Å². The number of sulfonamides is 1. The number of thiophene rings is 1. The third-order valence-corrected chi connectivity index (χ3v) is 6.99. The summed E-state index contributed by atoms with van der Waals surface area (Å²) in [6, 6.07) is 7.94. The van der Waals surface area contributed by atoms with Crippen LogP contribution in [0.3, 0.4) is 0 Å². The van der Waals surface area contributed by atoms with Gasteiger partial charge in [-0.2, -0.15) is 4.72 Å². The molecule has 7 nitrogen and oxygen atoms in total. The van der Waals surface area contributed by atoms with E-state index in [0.717, 1.165) is 4.88 Å². The number of aryl methyl sites for hydroxylation is 2. The summed E-state index contributed by atoms with van der Waals surface area (Å²) in [6.45, 7) is 1.87. The SMILES string of the molecule is COc1cc(OC)cc(C(NS(=O)(=O)c2ccc(C)s2)c2nccn2C)c1. The van der Waals surface area contributed by atoms with Crippen LogP contribution in [0.1, 0.15) is 22.3 Å². The molecule has 2 aromatic heterocycles. The Bertz CT molecular complexity index is 1020. The first kappa shape index (κ1) is 19.4. The Morgan fingerprint density at radius 2 is 1.81 bits per heavy atom. The second kappa shape index (κ2) is 7.71. The molecule has 0 aliphatic heterocycles. The van der Waals surface area contributed by atoms with Crippen molar-refractivity contribution < 1.29 is 17.9 Å². The van der Waals surface area contributed by atoms with E-state index in [4.69, 9.17) is 9.47 Å². The Labute approximate surface area is 162 Å². The molecule has 3 aromatic rings. The number of hydrogen-bond acceptors (Lipinski definition) is 6. The molecule has 1 atom stereocenters. The monoisotopic (exact) mass is 407 g/mol. The zero-order valence-electron chi connectivity index (χ0n) is 15.5. The molecule has 0 amide bonds. The lowest BCUT2D eigenvalue weighted by Gasteiger charge is -2.20. The van der Waals surface area contributed by atoms with Gasteiger partial charge in [-0.25, -0.2) is 13.4 Å². The standard InChI is InChI=1S/C18H21N3O4S2/c1-12-5-6-16(26-12)27(22,23)20-17(18-19-7-8-21(18)2)13-9-14(24-3)11-15(10-13)25-4/h5-11,17,20H,1-4H3. The summed E-state index contributed by atoms with van der Waals surface area (Å²) in [6.07, 6.45) is 3.40. The summed E-state index contributed by atoms with van der Waals surface area (Å²) in [5.74, 6) is 1.69. The molecule has 0 bridgehead atoms. The number of rotatable bonds is 7. The summed E-state index contributed by atoms with van der Waals surface area (Å²) in [4.78, 5) is 5.27. The molecule has 27 heavy (non-hydrogen) atoms. The van der Waals surface area contributed by atoms with E-state index in [1.807, 2.05) is 14.0 Å².